The number of amides is 1. The molecule has 2 aromatic rings. The number of carbonyl (C=O) groups excluding carboxylic acids is 1. The Morgan fingerprint density at radius 2 is 1.68 bits per heavy atom. The van der Waals surface area contributed by atoms with E-state index in [-0.39, 0.29) is 12.3 Å². The minimum atomic E-state index is -0.967. The first-order valence-electron chi connectivity index (χ1n) is 6.87. The van der Waals surface area contributed by atoms with Gasteiger partial charge in [-0.05, 0) is 36.2 Å². The lowest BCUT2D eigenvalue weighted by molar-refractivity contribution is -0.143. The third kappa shape index (κ3) is 5.00. The molecule has 0 aliphatic carbocycles. The summed E-state index contributed by atoms with van der Waals surface area (Å²) in [4.78, 5) is 23.4. The Kier molecular flexibility index (Phi) is 5.72. The van der Waals surface area contributed by atoms with E-state index in [0.717, 1.165) is 10.0 Å². The van der Waals surface area contributed by atoms with Crippen LogP contribution in [0.25, 0.3) is 0 Å². The van der Waals surface area contributed by atoms with Crippen LogP contribution in [0.15, 0.2) is 59.1 Å². The maximum absolute atomic E-state index is 12.0. The first-order valence-corrected chi connectivity index (χ1v) is 7.66. The van der Waals surface area contributed by atoms with E-state index in [9.17, 15) is 14.7 Å². The van der Waals surface area contributed by atoms with Crippen LogP contribution in [0, 0.1) is 5.92 Å². The number of nitrogens with one attached hydrogen (secondary N) is 1. The lowest BCUT2D eigenvalue weighted by Gasteiger charge is -2.12. The Bertz CT molecular complexity index is 641. The molecule has 0 saturated carbocycles. The van der Waals surface area contributed by atoms with Crippen molar-refractivity contribution in [1.29, 1.82) is 0 Å². The van der Waals surface area contributed by atoms with Gasteiger partial charge in [-0.3, -0.25) is 9.59 Å². The zero-order valence-electron chi connectivity index (χ0n) is 11.8. The van der Waals surface area contributed by atoms with E-state index in [1.54, 1.807) is 12.1 Å². The van der Waals surface area contributed by atoms with Gasteiger partial charge in [0.25, 0.3) is 0 Å². The first-order chi connectivity index (χ1) is 10.5. The van der Waals surface area contributed by atoms with Crippen LogP contribution >= 0.6 is 15.9 Å². The molecule has 0 fully saturated rings. The van der Waals surface area contributed by atoms with Crippen molar-refractivity contribution in [2.45, 2.75) is 12.8 Å². The average Bonchev–Trinajstić information content (AvgIpc) is 2.49. The first kappa shape index (κ1) is 16.2. The summed E-state index contributed by atoms with van der Waals surface area (Å²) in [6.07, 6.45) is 0.269. The van der Waals surface area contributed by atoms with Crippen molar-refractivity contribution in [1.82, 2.24) is 0 Å². The van der Waals surface area contributed by atoms with Crippen molar-refractivity contribution in [3.63, 3.8) is 0 Å². The molecule has 1 amide bonds. The highest BCUT2D eigenvalue weighted by molar-refractivity contribution is 9.10. The normalized spacial score (nSPS) is 11.7. The monoisotopic (exact) mass is 361 g/mol. The molecule has 0 radical (unpaired) electrons. The molecule has 0 saturated heterocycles. The third-order valence-electron chi connectivity index (χ3n) is 3.23. The summed E-state index contributed by atoms with van der Waals surface area (Å²) in [6, 6.07) is 16.4. The summed E-state index contributed by atoms with van der Waals surface area (Å²) in [6.45, 7) is 0. The van der Waals surface area contributed by atoms with Crippen molar-refractivity contribution in [3.8, 4) is 0 Å². The van der Waals surface area contributed by atoms with Gasteiger partial charge in [0.1, 0.15) is 0 Å². The molecular formula is C17H16BrNO3. The number of para-hydroxylation sites is 1. The van der Waals surface area contributed by atoms with E-state index in [1.165, 1.54) is 0 Å². The van der Waals surface area contributed by atoms with Gasteiger partial charge in [0.15, 0.2) is 0 Å². The maximum atomic E-state index is 12.0. The molecule has 0 spiro atoms. The number of benzene rings is 2. The Morgan fingerprint density at radius 1 is 1.05 bits per heavy atom. The molecule has 0 aromatic heterocycles. The third-order valence-corrected chi connectivity index (χ3v) is 3.76. The molecule has 4 nitrogen and oxygen atoms in total. The smallest absolute Gasteiger partial charge is 0.307 e. The Morgan fingerprint density at radius 3 is 2.27 bits per heavy atom. The van der Waals surface area contributed by atoms with Crippen LogP contribution < -0.4 is 5.32 Å². The SMILES string of the molecule is O=C(C[C@H](Cc1ccc(Br)cc1)C(=O)O)Nc1ccccc1. The predicted molar refractivity (Wildman–Crippen MR) is 88.7 cm³/mol. The summed E-state index contributed by atoms with van der Waals surface area (Å²) in [7, 11) is 0. The van der Waals surface area contributed by atoms with E-state index in [1.807, 2.05) is 42.5 Å². The van der Waals surface area contributed by atoms with E-state index < -0.39 is 11.9 Å². The molecule has 5 heteroatoms. The van der Waals surface area contributed by atoms with Crippen LogP contribution in [0.3, 0.4) is 0 Å². The second kappa shape index (κ2) is 7.75. The molecule has 0 aliphatic rings. The van der Waals surface area contributed by atoms with E-state index in [2.05, 4.69) is 21.2 Å². The minimum Gasteiger partial charge on any atom is -0.481 e. The lowest BCUT2D eigenvalue weighted by Crippen LogP contribution is -2.24. The summed E-state index contributed by atoms with van der Waals surface area (Å²) < 4.78 is 0.935. The highest BCUT2D eigenvalue weighted by atomic mass is 79.9. The Hall–Kier alpha value is -2.14. The summed E-state index contributed by atoms with van der Waals surface area (Å²) in [5.41, 5.74) is 1.56. The number of halogens is 1. The fourth-order valence-electron chi connectivity index (χ4n) is 2.11. The number of rotatable bonds is 6. The molecule has 114 valence electrons. The fraction of sp³-hybridized carbons (Fsp3) is 0.176. The maximum Gasteiger partial charge on any atom is 0.307 e. The van der Waals surface area contributed by atoms with Crippen molar-refractivity contribution in [2.75, 3.05) is 5.32 Å². The molecule has 22 heavy (non-hydrogen) atoms. The van der Waals surface area contributed by atoms with Gasteiger partial charge in [-0.1, -0.05) is 46.3 Å². The summed E-state index contributed by atoms with van der Waals surface area (Å²) in [5, 5.41) is 12.0. The molecule has 0 bridgehead atoms. The lowest BCUT2D eigenvalue weighted by atomic mass is 9.96. The van der Waals surface area contributed by atoms with Crippen LogP contribution in [0.2, 0.25) is 0 Å². The average molecular weight is 362 g/mol. The van der Waals surface area contributed by atoms with Gasteiger partial charge in [-0.15, -0.1) is 0 Å². The van der Waals surface area contributed by atoms with Crippen LogP contribution in [0.5, 0.6) is 0 Å². The predicted octanol–water partition coefficient (Wildman–Crippen LogP) is 3.72. The minimum absolute atomic E-state index is 0.0553. The van der Waals surface area contributed by atoms with Crippen molar-refractivity contribution in [2.24, 2.45) is 5.92 Å². The van der Waals surface area contributed by atoms with Crippen molar-refractivity contribution >= 4 is 33.5 Å². The van der Waals surface area contributed by atoms with E-state index >= 15 is 0 Å². The molecule has 1 atom stereocenters. The van der Waals surface area contributed by atoms with Crippen LogP contribution in [0.4, 0.5) is 5.69 Å². The number of hydrogen-bond donors (Lipinski definition) is 2. The van der Waals surface area contributed by atoms with Gasteiger partial charge in [-0.25, -0.2) is 0 Å². The fourth-order valence-corrected chi connectivity index (χ4v) is 2.37. The van der Waals surface area contributed by atoms with E-state index in [4.69, 9.17) is 0 Å². The van der Waals surface area contributed by atoms with Gasteiger partial charge in [0.05, 0.1) is 5.92 Å². The second-order valence-electron chi connectivity index (χ2n) is 4.98. The molecule has 0 unspecified atom stereocenters. The Balaban J connectivity index is 1.98. The van der Waals surface area contributed by atoms with Gasteiger partial charge in [-0.2, -0.15) is 0 Å². The Labute approximate surface area is 137 Å². The van der Waals surface area contributed by atoms with Crippen LogP contribution in [-0.2, 0) is 16.0 Å². The van der Waals surface area contributed by atoms with Crippen LogP contribution in [0.1, 0.15) is 12.0 Å². The quantitative estimate of drug-likeness (QED) is 0.823. The number of carboxylic acids is 1. The number of carboxylic acid groups (broad SMARTS) is 1. The molecule has 2 rings (SSSR count). The van der Waals surface area contributed by atoms with Gasteiger partial charge in [0, 0.05) is 16.6 Å². The van der Waals surface area contributed by atoms with Gasteiger partial charge < -0.3 is 10.4 Å². The number of hydrogen-bond acceptors (Lipinski definition) is 2. The number of aliphatic carboxylic acids is 1. The standard InChI is InChI=1S/C17H16BrNO3/c18-14-8-6-12(7-9-14)10-13(17(21)22)11-16(20)19-15-4-2-1-3-5-15/h1-9,13H,10-11H2,(H,19,20)(H,21,22)/t13-/m0/s1. The summed E-state index contributed by atoms with van der Waals surface area (Å²) >= 11 is 3.34. The highest BCUT2D eigenvalue weighted by Gasteiger charge is 2.21. The van der Waals surface area contributed by atoms with E-state index in [0.29, 0.717) is 12.1 Å². The van der Waals surface area contributed by atoms with Crippen LogP contribution in [-0.4, -0.2) is 17.0 Å². The largest absolute Gasteiger partial charge is 0.481 e. The number of carbonyl (C=O) groups is 2. The molecular weight excluding hydrogens is 346 g/mol. The molecule has 2 aromatic carbocycles. The van der Waals surface area contributed by atoms with Crippen molar-refractivity contribution < 1.29 is 14.7 Å². The summed E-state index contributed by atoms with van der Waals surface area (Å²) in [5.74, 6) is -2.01. The topological polar surface area (TPSA) is 66.4 Å². The second-order valence-corrected chi connectivity index (χ2v) is 5.90. The molecule has 2 N–H and O–H groups in total. The molecule has 0 heterocycles. The number of anilines is 1. The molecule has 0 aliphatic heterocycles. The van der Waals surface area contributed by atoms with Gasteiger partial charge in [0.2, 0.25) is 5.91 Å². The highest BCUT2D eigenvalue weighted by Crippen LogP contribution is 2.17. The van der Waals surface area contributed by atoms with Gasteiger partial charge >= 0.3 is 5.97 Å². The van der Waals surface area contributed by atoms with Crippen molar-refractivity contribution in [3.05, 3.63) is 64.6 Å². The zero-order valence-corrected chi connectivity index (χ0v) is 13.4. The zero-order chi connectivity index (χ0) is 15.9.